The van der Waals surface area contributed by atoms with Crippen LogP contribution in [0.2, 0.25) is 0 Å². The lowest BCUT2D eigenvalue weighted by Gasteiger charge is -2.17. The maximum Gasteiger partial charge on any atom is 0.401 e. The Morgan fingerprint density at radius 1 is 1.46 bits per heavy atom. The minimum Gasteiger partial charge on any atom is -0.303 e. The van der Waals surface area contributed by atoms with Crippen LogP contribution in [0.25, 0.3) is 0 Å². The average Bonchev–Trinajstić information content (AvgIpc) is 2.33. The minimum absolute atomic E-state index is 0.125. The number of hydrogen-bond donors (Lipinski definition) is 0. The van der Waals surface area contributed by atoms with Crippen molar-refractivity contribution in [3.63, 3.8) is 0 Å². The second kappa shape index (κ2) is 4.09. The minimum atomic E-state index is -4.12. The number of carbonyl (C=O) groups is 1. The van der Waals surface area contributed by atoms with Gasteiger partial charge < -0.3 is 4.79 Å². The molecule has 76 valence electrons. The van der Waals surface area contributed by atoms with Crippen LogP contribution in [0.1, 0.15) is 12.8 Å². The van der Waals surface area contributed by atoms with Gasteiger partial charge in [-0.1, -0.05) is 0 Å². The standard InChI is InChI=1S/C8H12F3NO/c9-8(10,11)6-12-3-1-7(5-12)2-4-13/h4,7H,1-3,5-6H2. The highest BCUT2D eigenvalue weighted by Crippen LogP contribution is 2.23. The molecule has 0 aromatic heterocycles. The SMILES string of the molecule is O=CCC1CCN(CC(F)(F)F)C1. The molecule has 1 rings (SSSR count). The van der Waals surface area contributed by atoms with Crippen molar-refractivity contribution in [2.75, 3.05) is 19.6 Å². The predicted molar refractivity (Wildman–Crippen MR) is 41.3 cm³/mol. The number of rotatable bonds is 3. The van der Waals surface area contributed by atoms with Crippen LogP contribution < -0.4 is 0 Å². The van der Waals surface area contributed by atoms with Gasteiger partial charge in [-0.3, -0.25) is 4.90 Å². The molecule has 0 aromatic carbocycles. The van der Waals surface area contributed by atoms with E-state index in [4.69, 9.17) is 0 Å². The molecule has 0 radical (unpaired) electrons. The van der Waals surface area contributed by atoms with E-state index >= 15 is 0 Å². The summed E-state index contributed by atoms with van der Waals surface area (Å²) in [5, 5.41) is 0. The number of halogens is 3. The van der Waals surface area contributed by atoms with E-state index in [0.717, 1.165) is 6.29 Å². The van der Waals surface area contributed by atoms with E-state index in [1.54, 1.807) is 0 Å². The summed E-state index contributed by atoms with van der Waals surface area (Å²) in [5.74, 6) is 0.125. The summed E-state index contributed by atoms with van der Waals surface area (Å²) in [4.78, 5) is 11.5. The number of likely N-dealkylation sites (tertiary alicyclic amines) is 1. The first kappa shape index (κ1) is 10.5. The van der Waals surface area contributed by atoms with Crippen LogP contribution in [-0.4, -0.2) is 37.0 Å². The third-order valence-electron chi connectivity index (χ3n) is 2.20. The fourth-order valence-electron chi connectivity index (χ4n) is 1.64. The van der Waals surface area contributed by atoms with Crippen molar-refractivity contribution in [3.05, 3.63) is 0 Å². The van der Waals surface area contributed by atoms with Gasteiger partial charge in [0.15, 0.2) is 0 Å². The van der Waals surface area contributed by atoms with Gasteiger partial charge in [0.2, 0.25) is 0 Å². The van der Waals surface area contributed by atoms with E-state index in [1.807, 2.05) is 0 Å². The summed E-state index contributed by atoms with van der Waals surface area (Å²) in [7, 11) is 0. The van der Waals surface area contributed by atoms with Crippen molar-refractivity contribution in [1.82, 2.24) is 4.90 Å². The Balaban J connectivity index is 2.29. The van der Waals surface area contributed by atoms with Crippen molar-refractivity contribution in [1.29, 1.82) is 0 Å². The molecule has 0 spiro atoms. The van der Waals surface area contributed by atoms with E-state index < -0.39 is 12.7 Å². The number of carbonyl (C=O) groups excluding carboxylic acids is 1. The van der Waals surface area contributed by atoms with Crippen molar-refractivity contribution in [3.8, 4) is 0 Å². The van der Waals surface area contributed by atoms with E-state index in [9.17, 15) is 18.0 Å². The van der Waals surface area contributed by atoms with Gasteiger partial charge in [-0.2, -0.15) is 13.2 Å². The molecule has 2 nitrogen and oxygen atoms in total. The van der Waals surface area contributed by atoms with Gasteiger partial charge in [-0.25, -0.2) is 0 Å². The summed E-state index contributed by atoms with van der Waals surface area (Å²) in [6.07, 6.45) is -2.25. The second-order valence-corrected chi connectivity index (χ2v) is 3.41. The number of nitrogens with zero attached hydrogens (tertiary/aromatic N) is 1. The number of alkyl halides is 3. The van der Waals surface area contributed by atoms with E-state index in [1.165, 1.54) is 4.90 Å². The first-order valence-electron chi connectivity index (χ1n) is 4.24. The maximum atomic E-state index is 11.9. The lowest BCUT2D eigenvalue weighted by atomic mass is 10.1. The zero-order valence-electron chi connectivity index (χ0n) is 7.18. The van der Waals surface area contributed by atoms with Crippen LogP contribution in [0.3, 0.4) is 0 Å². The fourth-order valence-corrected chi connectivity index (χ4v) is 1.64. The quantitative estimate of drug-likeness (QED) is 0.635. The van der Waals surface area contributed by atoms with E-state index in [2.05, 4.69) is 0 Å². The molecule has 1 atom stereocenters. The maximum absolute atomic E-state index is 11.9. The van der Waals surface area contributed by atoms with Gasteiger partial charge in [0, 0.05) is 13.0 Å². The van der Waals surface area contributed by atoms with Gasteiger partial charge in [-0.05, 0) is 18.9 Å². The Morgan fingerprint density at radius 3 is 2.69 bits per heavy atom. The van der Waals surface area contributed by atoms with Crippen molar-refractivity contribution in [2.24, 2.45) is 5.92 Å². The summed E-state index contributed by atoms with van der Waals surface area (Å²) >= 11 is 0. The van der Waals surface area contributed by atoms with Crippen LogP contribution >= 0.6 is 0 Å². The van der Waals surface area contributed by atoms with Gasteiger partial charge >= 0.3 is 6.18 Å². The van der Waals surface area contributed by atoms with Crippen molar-refractivity contribution in [2.45, 2.75) is 19.0 Å². The molecule has 1 heterocycles. The highest BCUT2D eigenvalue weighted by molar-refractivity contribution is 5.49. The largest absolute Gasteiger partial charge is 0.401 e. The summed E-state index contributed by atoms with van der Waals surface area (Å²) < 4.78 is 35.7. The fraction of sp³-hybridized carbons (Fsp3) is 0.875. The molecule has 0 aliphatic carbocycles. The summed E-state index contributed by atoms with van der Waals surface area (Å²) in [6.45, 7) is 0.0125. The first-order valence-corrected chi connectivity index (χ1v) is 4.24. The highest BCUT2D eigenvalue weighted by Gasteiger charge is 2.33. The molecule has 1 aliphatic heterocycles. The Labute approximate surface area is 74.7 Å². The van der Waals surface area contributed by atoms with Gasteiger partial charge in [0.25, 0.3) is 0 Å². The van der Waals surface area contributed by atoms with Gasteiger partial charge in [-0.15, -0.1) is 0 Å². The Kier molecular flexibility index (Phi) is 3.30. The van der Waals surface area contributed by atoms with E-state index in [0.29, 0.717) is 25.9 Å². The lowest BCUT2D eigenvalue weighted by molar-refractivity contribution is -0.143. The molecular weight excluding hydrogens is 183 g/mol. The predicted octanol–water partition coefficient (Wildman–Crippen LogP) is 1.46. The third kappa shape index (κ3) is 3.76. The highest BCUT2D eigenvalue weighted by atomic mass is 19.4. The van der Waals surface area contributed by atoms with Crippen LogP contribution in [0.4, 0.5) is 13.2 Å². The Hall–Kier alpha value is -0.580. The normalized spacial score (nSPS) is 25.0. The Morgan fingerprint density at radius 2 is 2.15 bits per heavy atom. The molecule has 5 heteroatoms. The van der Waals surface area contributed by atoms with Crippen molar-refractivity contribution < 1.29 is 18.0 Å². The molecule has 0 saturated carbocycles. The average molecular weight is 195 g/mol. The third-order valence-corrected chi connectivity index (χ3v) is 2.20. The van der Waals surface area contributed by atoms with Crippen LogP contribution in [0.5, 0.6) is 0 Å². The number of hydrogen-bond acceptors (Lipinski definition) is 2. The molecule has 0 N–H and O–H groups in total. The molecule has 13 heavy (non-hydrogen) atoms. The molecule has 0 amide bonds. The van der Waals surface area contributed by atoms with Gasteiger partial charge in [0.1, 0.15) is 6.29 Å². The summed E-state index contributed by atoms with van der Waals surface area (Å²) in [6, 6.07) is 0. The lowest BCUT2D eigenvalue weighted by Crippen LogP contribution is -2.32. The van der Waals surface area contributed by atoms with Gasteiger partial charge in [0.05, 0.1) is 6.54 Å². The van der Waals surface area contributed by atoms with Crippen LogP contribution in [0, 0.1) is 5.92 Å². The molecule has 1 unspecified atom stereocenters. The molecule has 0 bridgehead atoms. The van der Waals surface area contributed by atoms with Crippen LogP contribution in [-0.2, 0) is 4.79 Å². The topological polar surface area (TPSA) is 20.3 Å². The van der Waals surface area contributed by atoms with Crippen LogP contribution in [0.15, 0.2) is 0 Å². The Bertz CT molecular complexity index is 181. The molecule has 0 aromatic rings. The van der Waals surface area contributed by atoms with Crippen molar-refractivity contribution >= 4 is 6.29 Å². The zero-order chi connectivity index (χ0) is 9.90. The number of aldehydes is 1. The summed E-state index contributed by atoms with van der Waals surface area (Å²) in [5.41, 5.74) is 0. The second-order valence-electron chi connectivity index (χ2n) is 3.41. The first-order chi connectivity index (χ1) is 6.01. The molecular formula is C8H12F3NO. The molecule has 1 saturated heterocycles. The smallest absolute Gasteiger partial charge is 0.303 e. The molecule has 1 aliphatic rings. The monoisotopic (exact) mass is 195 g/mol. The zero-order valence-corrected chi connectivity index (χ0v) is 7.18. The molecule has 1 fully saturated rings. The van der Waals surface area contributed by atoms with E-state index in [-0.39, 0.29) is 5.92 Å².